The minimum absolute atomic E-state index is 0. The monoisotopic (exact) mass is 501 g/mol. The molecule has 0 aromatic carbocycles. The lowest BCUT2D eigenvalue weighted by atomic mass is 10.1. The van der Waals surface area contributed by atoms with Crippen molar-refractivity contribution in [1.29, 1.82) is 0 Å². The lowest BCUT2D eigenvalue weighted by molar-refractivity contribution is 0.709. The highest BCUT2D eigenvalue weighted by Gasteiger charge is 2.08. The third-order valence-corrected chi connectivity index (χ3v) is 5.37. The smallest absolute Gasteiger partial charge is 0.191 e. The van der Waals surface area contributed by atoms with E-state index in [1.807, 2.05) is 6.20 Å². The zero-order valence-corrected chi connectivity index (χ0v) is 19.9. The fourth-order valence-electron chi connectivity index (χ4n) is 2.68. The maximum Gasteiger partial charge on any atom is 0.191 e. The Morgan fingerprint density at radius 1 is 1.19 bits per heavy atom. The molecule has 2 rings (SSSR count). The van der Waals surface area contributed by atoms with Crippen molar-refractivity contribution in [3.05, 3.63) is 46.3 Å². The van der Waals surface area contributed by atoms with Gasteiger partial charge in [-0.3, -0.25) is 0 Å². The highest BCUT2D eigenvalue weighted by Crippen LogP contribution is 2.19. The van der Waals surface area contributed by atoms with E-state index in [4.69, 9.17) is 4.99 Å². The zero-order chi connectivity index (χ0) is 18.8. The predicted molar refractivity (Wildman–Crippen MR) is 129 cm³/mol. The van der Waals surface area contributed by atoms with Gasteiger partial charge in [-0.15, -0.1) is 35.3 Å². The molecule has 27 heavy (non-hydrogen) atoms. The molecule has 5 nitrogen and oxygen atoms in total. The molecule has 2 aromatic heterocycles. The van der Waals surface area contributed by atoms with E-state index in [0.29, 0.717) is 12.5 Å². The minimum Gasteiger partial charge on any atom is -0.357 e. The van der Waals surface area contributed by atoms with E-state index < -0.39 is 0 Å². The molecule has 0 bridgehead atoms. The van der Waals surface area contributed by atoms with Crippen LogP contribution in [0.4, 0.5) is 5.82 Å². The van der Waals surface area contributed by atoms with Gasteiger partial charge in [-0.25, -0.2) is 9.98 Å². The summed E-state index contributed by atoms with van der Waals surface area (Å²) >= 11 is 1.80. The molecule has 0 radical (unpaired) electrons. The second-order valence-corrected chi connectivity index (χ2v) is 7.17. The Bertz CT molecular complexity index is 654. The van der Waals surface area contributed by atoms with Crippen LogP contribution < -0.4 is 15.5 Å². The van der Waals surface area contributed by atoms with Gasteiger partial charge in [0.15, 0.2) is 5.96 Å². The Morgan fingerprint density at radius 2 is 1.96 bits per heavy atom. The number of anilines is 1. The summed E-state index contributed by atoms with van der Waals surface area (Å²) < 4.78 is 0. The van der Waals surface area contributed by atoms with Crippen molar-refractivity contribution in [1.82, 2.24) is 15.6 Å². The van der Waals surface area contributed by atoms with Gasteiger partial charge >= 0.3 is 0 Å². The number of rotatable bonds is 9. The third-order valence-electron chi connectivity index (χ3n) is 4.27. The lowest BCUT2D eigenvalue weighted by Crippen LogP contribution is -2.39. The molecule has 2 N–H and O–H groups in total. The number of nitrogens with zero attached hydrogens (tertiary/aromatic N) is 3. The molecule has 0 aliphatic rings. The van der Waals surface area contributed by atoms with Gasteiger partial charge in [0, 0.05) is 43.2 Å². The summed E-state index contributed by atoms with van der Waals surface area (Å²) in [4.78, 5) is 12.9. The topological polar surface area (TPSA) is 52.6 Å². The van der Waals surface area contributed by atoms with Crippen LogP contribution in [-0.4, -0.2) is 37.1 Å². The van der Waals surface area contributed by atoms with Gasteiger partial charge in [0.2, 0.25) is 0 Å². The second kappa shape index (κ2) is 12.9. The maximum absolute atomic E-state index is 4.70. The van der Waals surface area contributed by atoms with E-state index in [0.717, 1.165) is 43.5 Å². The Morgan fingerprint density at radius 3 is 2.52 bits per heavy atom. The van der Waals surface area contributed by atoms with E-state index in [9.17, 15) is 0 Å². The standard InChI is InChI=1S/C20H31N5S.HI/c1-5-21-20(23-13-16(4)18-9-8-12-26-18)24-15-17-10-11-19(22-14-17)25(6-2)7-3;/h8-12,14,16H,5-7,13,15H2,1-4H3,(H2,21,23,24);1H. The number of aromatic nitrogens is 1. The fraction of sp³-hybridized carbons (Fsp3) is 0.500. The summed E-state index contributed by atoms with van der Waals surface area (Å²) in [6.45, 7) is 12.9. The van der Waals surface area contributed by atoms with Gasteiger partial charge in [0.1, 0.15) is 5.82 Å². The SMILES string of the molecule is CCNC(=NCc1ccc(N(CC)CC)nc1)NCC(C)c1cccs1.I. The number of halogens is 1. The van der Waals surface area contributed by atoms with E-state index in [1.165, 1.54) is 4.88 Å². The van der Waals surface area contributed by atoms with Crippen molar-refractivity contribution in [2.45, 2.75) is 40.2 Å². The zero-order valence-electron chi connectivity index (χ0n) is 16.7. The van der Waals surface area contributed by atoms with Gasteiger partial charge in [-0.05, 0) is 43.8 Å². The number of guanidine groups is 1. The average Bonchev–Trinajstić information content (AvgIpc) is 3.20. The highest BCUT2D eigenvalue weighted by atomic mass is 127. The van der Waals surface area contributed by atoms with Crippen LogP contribution in [-0.2, 0) is 6.54 Å². The van der Waals surface area contributed by atoms with Crippen molar-refractivity contribution >= 4 is 47.1 Å². The van der Waals surface area contributed by atoms with Crippen LogP contribution in [0.1, 0.15) is 44.1 Å². The molecule has 0 saturated carbocycles. The summed E-state index contributed by atoms with van der Waals surface area (Å²) in [7, 11) is 0. The van der Waals surface area contributed by atoms with Crippen LogP contribution in [0.15, 0.2) is 40.8 Å². The molecule has 7 heteroatoms. The number of hydrogen-bond acceptors (Lipinski definition) is 4. The van der Waals surface area contributed by atoms with Gasteiger partial charge in [-0.1, -0.05) is 19.1 Å². The van der Waals surface area contributed by atoms with Crippen molar-refractivity contribution in [3.8, 4) is 0 Å². The van der Waals surface area contributed by atoms with Crippen LogP contribution in [0, 0.1) is 0 Å². The molecule has 0 aliphatic heterocycles. The van der Waals surface area contributed by atoms with Gasteiger partial charge in [0.05, 0.1) is 6.54 Å². The van der Waals surface area contributed by atoms with Gasteiger partial charge < -0.3 is 15.5 Å². The molecule has 0 saturated heterocycles. The molecule has 2 heterocycles. The maximum atomic E-state index is 4.70. The summed E-state index contributed by atoms with van der Waals surface area (Å²) in [6, 6.07) is 8.48. The highest BCUT2D eigenvalue weighted by molar-refractivity contribution is 14.0. The van der Waals surface area contributed by atoms with Crippen LogP contribution in [0.2, 0.25) is 0 Å². The van der Waals surface area contributed by atoms with Gasteiger partial charge in [-0.2, -0.15) is 0 Å². The van der Waals surface area contributed by atoms with Crippen molar-refractivity contribution in [3.63, 3.8) is 0 Å². The Kier molecular flexibility index (Phi) is 11.3. The number of hydrogen-bond donors (Lipinski definition) is 2. The van der Waals surface area contributed by atoms with Crippen molar-refractivity contribution < 1.29 is 0 Å². The lowest BCUT2D eigenvalue weighted by Gasteiger charge is -2.19. The number of nitrogens with one attached hydrogen (secondary N) is 2. The molecule has 0 spiro atoms. The summed E-state index contributed by atoms with van der Waals surface area (Å²) in [5.74, 6) is 2.34. The minimum atomic E-state index is 0. The Balaban J connectivity index is 0.00000364. The van der Waals surface area contributed by atoms with Crippen molar-refractivity contribution in [2.75, 3.05) is 31.1 Å². The second-order valence-electron chi connectivity index (χ2n) is 6.19. The first-order valence-electron chi connectivity index (χ1n) is 9.43. The summed E-state index contributed by atoms with van der Waals surface area (Å²) in [5.41, 5.74) is 1.12. The van der Waals surface area contributed by atoms with Crippen LogP contribution >= 0.6 is 35.3 Å². The van der Waals surface area contributed by atoms with Crippen LogP contribution in [0.25, 0.3) is 0 Å². The molecule has 150 valence electrons. The summed E-state index contributed by atoms with van der Waals surface area (Å²) in [6.07, 6.45) is 1.93. The normalized spacial score (nSPS) is 12.2. The third kappa shape index (κ3) is 7.65. The van der Waals surface area contributed by atoms with E-state index >= 15 is 0 Å². The molecule has 0 aliphatic carbocycles. The Labute approximate surface area is 184 Å². The van der Waals surface area contributed by atoms with E-state index in [2.05, 4.69) is 77.9 Å². The average molecular weight is 501 g/mol. The van der Waals surface area contributed by atoms with Crippen LogP contribution in [0.5, 0.6) is 0 Å². The first-order valence-corrected chi connectivity index (χ1v) is 10.3. The quantitative estimate of drug-likeness (QED) is 0.303. The molecule has 1 atom stereocenters. The molecule has 1 unspecified atom stereocenters. The van der Waals surface area contributed by atoms with Crippen LogP contribution in [0.3, 0.4) is 0 Å². The predicted octanol–water partition coefficient (Wildman–Crippen LogP) is 4.47. The number of aliphatic imine (C=N–C) groups is 1. The van der Waals surface area contributed by atoms with E-state index in [-0.39, 0.29) is 24.0 Å². The van der Waals surface area contributed by atoms with Gasteiger partial charge in [0.25, 0.3) is 0 Å². The number of pyridine rings is 1. The molecule has 0 fully saturated rings. The summed E-state index contributed by atoms with van der Waals surface area (Å²) in [5, 5.41) is 8.88. The first kappa shape index (κ1) is 23.7. The Hall–Kier alpha value is -1.35. The molecule has 0 amide bonds. The molecular formula is C20H32IN5S. The first-order chi connectivity index (χ1) is 12.7. The fourth-order valence-corrected chi connectivity index (χ4v) is 3.47. The molecule has 2 aromatic rings. The largest absolute Gasteiger partial charge is 0.357 e. The van der Waals surface area contributed by atoms with E-state index in [1.54, 1.807) is 11.3 Å². The molecular weight excluding hydrogens is 469 g/mol. The number of thiophene rings is 1. The van der Waals surface area contributed by atoms with Crippen molar-refractivity contribution in [2.24, 2.45) is 4.99 Å².